The number of carbonyl (C=O) groups excluding carboxylic acids is 1. The summed E-state index contributed by atoms with van der Waals surface area (Å²) in [4.78, 5) is 39.7. The number of nitrogens with zero attached hydrogens (tertiary/aromatic N) is 4. The Bertz CT molecular complexity index is 1380. The van der Waals surface area contributed by atoms with E-state index in [1.54, 1.807) is 25.1 Å². The van der Waals surface area contributed by atoms with Crippen LogP contribution in [0, 0.1) is 13.8 Å². The number of carbonyl (C=O) groups is 2. The van der Waals surface area contributed by atoms with Gasteiger partial charge in [0.1, 0.15) is 9.71 Å². The molecule has 9 nitrogen and oxygen atoms in total. The van der Waals surface area contributed by atoms with Crippen molar-refractivity contribution in [2.45, 2.75) is 13.8 Å². The predicted molar refractivity (Wildman–Crippen MR) is 116 cm³/mol. The summed E-state index contributed by atoms with van der Waals surface area (Å²) in [6.07, 6.45) is 3.02. The van der Waals surface area contributed by atoms with Gasteiger partial charge in [0.05, 0.1) is 28.6 Å². The molecule has 0 radical (unpaired) electrons. The highest BCUT2D eigenvalue weighted by atomic mass is 32.1. The van der Waals surface area contributed by atoms with Gasteiger partial charge in [-0.1, -0.05) is 6.07 Å². The fourth-order valence-electron chi connectivity index (χ4n) is 3.47. The molecule has 4 aromatic heterocycles. The van der Waals surface area contributed by atoms with Gasteiger partial charge in [-0.15, -0.1) is 11.3 Å². The van der Waals surface area contributed by atoms with Crippen molar-refractivity contribution < 1.29 is 19.4 Å². The number of anilines is 3. The Balaban J connectivity index is 1.61. The van der Waals surface area contributed by atoms with Gasteiger partial charge >= 0.3 is 12.0 Å². The maximum atomic E-state index is 13.0. The molecule has 0 aromatic carbocycles. The monoisotopic (exact) mass is 433 g/mol. The van der Waals surface area contributed by atoms with Crippen molar-refractivity contribution in [2.24, 2.45) is 0 Å². The van der Waals surface area contributed by atoms with Gasteiger partial charge in [-0.2, -0.15) is 0 Å². The van der Waals surface area contributed by atoms with Gasteiger partial charge in [0.2, 0.25) is 11.8 Å². The molecule has 0 spiro atoms. The van der Waals surface area contributed by atoms with Gasteiger partial charge < -0.3 is 15.2 Å². The second kappa shape index (κ2) is 7.03. The standard InChI is InChI=1S/C21H15N5O4S/c1-10-8-15(30-14-5-3-4-11(2)24-14)23-9-13(10)26-17-16-12(25-21(26)29)6-7-22-19(16)31-18(17)20(27)28/h3-9H,1-2H3,(H,25,29)(H,27,28). The van der Waals surface area contributed by atoms with E-state index in [2.05, 4.69) is 20.3 Å². The fourth-order valence-corrected chi connectivity index (χ4v) is 4.46. The molecule has 0 fully saturated rings. The second-order valence-corrected chi connectivity index (χ2v) is 7.92. The molecule has 0 saturated heterocycles. The van der Waals surface area contributed by atoms with E-state index in [-0.39, 0.29) is 4.88 Å². The van der Waals surface area contributed by atoms with E-state index in [0.29, 0.717) is 44.6 Å². The van der Waals surface area contributed by atoms with Crippen LogP contribution in [0.15, 0.2) is 42.7 Å². The Kier molecular flexibility index (Phi) is 4.29. The highest BCUT2D eigenvalue weighted by molar-refractivity contribution is 7.21. The number of aromatic carboxylic acids is 1. The first-order chi connectivity index (χ1) is 14.9. The van der Waals surface area contributed by atoms with Crippen LogP contribution in [0.3, 0.4) is 0 Å². The van der Waals surface area contributed by atoms with Gasteiger partial charge in [0, 0.05) is 24.0 Å². The SMILES string of the molecule is Cc1cccc(Oc2cc(C)c(N3C(=O)Nc4ccnc5sc(C(=O)O)c3c45)cn2)n1. The van der Waals surface area contributed by atoms with Gasteiger partial charge in [-0.25, -0.2) is 24.5 Å². The summed E-state index contributed by atoms with van der Waals surface area (Å²) in [6.45, 7) is 3.65. The van der Waals surface area contributed by atoms with Crippen molar-refractivity contribution in [3.63, 3.8) is 0 Å². The average molecular weight is 433 g/mol. The quantitative estimate of drug-likeness (QED) is 0.471. The fraction of sp³-hybridized carbons (Fsp3) is 0.0952. The van der Waals surface area contributed by atoms with Gasteiger partial charge in [0.25, 0.3) is 0 Å². The number of ether oxygens (including phenoxy) is 1. The Morgan fingerprint density at radius 1 is 1.19 bits per heavy atom. The van der Waals surface area contributed by atoms with E-state index < -0.39 is 12.0 Å². The molecule has 1 aliphatic rings. The van der Waals surface area contributed by atoms with Crippen LogP contribution in [0.4, 0.5) is 21.9 Å². The molecule has 5 heterocycles. The van der Waals surface area contributed by atoms with Crippen molar-refractivity contribution in [1.29, 1.82) is 0 Å². The highest BCUT2D eigenvalue weighted by Gasteiger charge is 2.35. The lowest BCUT2D eigenvalue weighted by atomic mass is 10.1. The number of carboxylic acids is 1. The normalized spacial score (nSPS) is 12.7. The van der Waals surface area contributed by atoms with E-state index in [4.69, 9.17) is 4.74 Å². The number of pyridine rings is 3. The summed E-state index contributed by atoms with van der Waals surface area (Å²) in [5.41, 5.74) is 2.75. The Morgan fingerprint density at radius 2 is 2.03 bits per heavy atom. The number of thiophene rings is 1. The van der Waals surface area contributed by atoms with Gasteiger partial charge in [0.15, 0.2) is 0 Å². The summed E-state index contributed by atoms with van der Waals surface area (Å²) >= 11 is 1.03. The summed E-state index contributed by atoms with van der Waals surface area (Å²) in [7, 11) is 0. The minimum atomic E-state index is -1.13. The third-order valence-electron chi connectivity index (χ3n) is 4.80. The number of aromatic nitrogens is 3. The highest BCUT2D eigenvalue weighted by Crippen LogP contribution is 2.47. The van der Waals surface area contributed by atoms with Crippen molar-refractivity contribution in [3.8, 4) is 11.8 Å². The number of aryl methyl sites for hydroxylation is 2. The molecule has 10 heteroatoms. The van der Waals surface area contributed by atoms with Crippen LogP contribution in [0.2, 0.25) is 0 Å². The number of hydrogen-bond acceptors (Lipinski definition) is 7. The molecular formula is C21H15N5O4S. The Hall–Kier alpha value is -4.05. The average Bonchev–Trinajstić information content (AvgIpc) is 3.11. The van der Waals surface area contributed by atoms with E-state index in [1.165, 1.54) is 17.3 Å². The van der Waals surface area contributed by atoms with Crippen molar-refractivity contribution in [2.75, 3.05) is 10.2 Å². The lowest BCUT2D eigenvalue weighted by Crippen LogP contribution is -2.35. The van der Waals surface area contributed by atoms with Crippen LogP contribution < -0.4 is 15.0 Å². The molecule has 0 saturated carbocycles. The van der Waals surface area contributed by atoms with Crippen LogP contribution >= 0.6 is 11.3 Å². The first-order valence-corrected chi connectivity index (χ1v) is 10.1. The summed E-state index contributed by atoms with van der Waals surface area (Å²) in [5.74, 6) is -0.407. The number of nitrogens with one attached hydrogen (secondary N) is 1. The van der Waals surface area contributed by atoms with Crippen LogP contribution in [0.25, 0.3) is 10.2 Å². The first-order valence-electron chi connectivity index (χ1n) is 9.26. The molecular weight excluding hydrogens is 418 g/mol. The lowest BCUT2D eigenvalue weighted by molar-refractivity contribution is 0.0703. The maximum Gasteiger partial charge on any atom is 0.348 e. The number of carboxylic acid groups (broad SMARTS) is 1. The van der Waals surface area contributed by atoms with E-state index in [0.717, 1.165) is 17.0 Å². The molecule has 154 valence electrons. The van der Waals surface area contributed by atoms with E-state index >= 15 is 0 Å². The van der Waals surface area contributed by atoms with Crippen molar-refractivity contribution in [3.05, 3.63) is 58.9 Å². The smallest absolute Gasteiger partial charge is 0.348 e. The summed E-state index contributed by atoms with van der Waals surface area (Å²) in [5, 5.41) is 13.1. The molecule has 4 aromatic rings. The minimum Gasteiger partial charge on any atom is -0.477 e. The van der Waals surface area contributed by atoms with Crippen molar-refractivity contribution >= 4 is 50.6 Å². The minimum absolute atomic E-state index is 0.0356. The van der Waals surface area contributed by atoms with Gasteiger partial charge in [-0.3, -0.25) is 4.90 Å². The number of rotatable bonds is 4. The number of hydrogen-bond donors (Lipinski definition) is 2. The first kappa shape index (κ1) is 18.9. The van der Waals surface area contributed by atoms with Crippen LogP contribution in [0.1, 0.15) is 20.9 Å². The van der Waals surface area contributed by atoms with E-state index in [9.17, 15) is 14.7 Å². The molecule has 2 N–H and O–H groups in total. The molecule has 31 heavy (non-hydrogen) atoms. The molecule has 5 rings (SSSR count). The Morgan fingerprint density at radius 3 is 2.77 bits per heavy atom. The molecule has 1 aliphatic heterocycles. The summed E-state index contributed by atoms with van der Waals surface area (Å²) in [6, 6.07) is 8.27. The molecule has 0 unspecified atom stereocenters. The van der Waals surface area contributed by atoms with Crippen LogP contribution in [0.5, 0.6) is 11.8 Å². The number of urea groups is 1. The molecule has 0 aliphatic carbocycles. The van der Waals surface area contributed by atoms with Crippen LogP contribution in [-0.2, 0) is 0 Å². The lowest BCUT2D eigenvalue weighted by Gasteiger charge is -2.29. The van der Waals surface area contributed by atoms with E-state index in [1.807, 2.05) is 19.1 Å². The summed E-state index contributed by atoms with van der Waals surface area (Å²) < 4.78 is 5.73. The molecule has 2 amide bonds. The third-order valence-corrected chi connectivity index (χ3v) is 5.88. The predicted octanol–water partition coefficient (Wildman–Crippen LogP) is 4.88. The van der Waals surface area contributed by atoms with Crippen LogP contribution in [-0.4, -0.2) is 32.1 Å². The zero-order valence-corrected chi connectivity index (χ0v) is 17.2. The zero-order chi connectivity index (χ0) is 21.7. The topological polar surface area (TPSA) is 118 Å². The van der Waals surface area contributed by atoms with Crippen molar-refractivity contribution in [1.82, 2.24) is 15.0 Å². The third kappa shape index (κ3) is 3.13. The largest absolute Gasteiger partial charge is 0.477 e. The molecule has 0 bridgehead atoms. The Labute approximate surface area is 180 Å². The maximum absolute atomic E-state index is 13.0. The number of amides is 2. The zero-order valence-electron chi connectivity index (χ0n) is 16.4. The molecule has 0 atom stereocenters. The van der Waals surface area contributed by atoms with Gasteiger partial charge in [-0.05, 0) is 31.5 Å². The second-order valence-electron chi connectivity index (χ2n) is 6.92.